The summed E-state index contributed by atoms with van der Waals surface area (Å²) in [7, 11) is 0. The maximum atomic E-state index is 11.1. The molecular formula is C10H15N3O5. The molecule has 1 heterocycles. The van der Waals surface area contributed by atoms with Crippen molar-refractivity contribution in [3.8, 4) is 0 Å². The highest BCUT2D eigenvalue weighted by Crippen LogP contribution is 2.15. The van der Waals surface area contributed by atoms with E-state index in [0.717, 1.165) is 0 Å². The number of hydrogen-bond acceptors (Lipinski definition) is 7. The van der Waals surface area contributed by atoms with Crippen LogP contribution in [0.2, 0.25) is 0 Å². The van der Waals surface area contributed by atoms with Crippen LogP contribution in [0.15, 0.2) is 16.4 Å². The molecule has 0 spiro atoms. The van der Waals surface area contributed by atoms with Crippen LogP contribution in [-0.4, -0.2) is 36.2 Å². The lowest BCUT2D eigenvalue weighted by atomic mass is 10.2. The van der Waals surface area contributed by atoms with E-state index in [1.807, 2.05) is 0 Å². The number of amidine groups is 1. The molecular weight excluding hydrogens is 242 g/mol. The predicted octanol–water partition coefficient (Wildman–Crippen LogP) is 0.422. The molecule has 0 fully saturated rings. The van der Waals surface area contributed by atoms with E-state index in [1.54, 1.807) is 20.8 Å². The summed E-state index contributed by atoms with van der Waals surface area (Å²) in [5, 5.41) is 13.4. The van der Waals surface area contributed by atoms with Crippen molar-refractivity contribution in [3.05, 3.63) is 21.5 Å². The molecule has 100 valence electrons. The quantitative estimate of drug-likeness (QED) is 0.445. The molecule has 1 unspecified atom stereocenters. The second-order valence-electron chi connectivity index (χ2n) is 3.60. The van der Waals surface area contributed by atoms with Gasteiger partial charge in [0, 0.05) is 0 Å². The van der Waals surface area contributed by atoms with Crippen LogP contribution in [0.3, 0.4) is 0 Å². The smallest absolute Gasteiger partial charge is 0.344 e. The molecule has 0 bridgehead atoms. The van der Waals surface area contributed by atoms with Crippen LogP contribution in [0.1, 0.15) is 20.8 Å². The van der Waals surface area contributed by atoms with Gasteiger partial charge >= 0.3 is 5.97 Å². The third kappa shape index (κ3) is 3.44. The summed E-state index contributed by atoms with van der Waals surface area (Å²) in [6.45, 7) is 4.80. The first-order valence-electron chi connectivity index (χ1n) is 5.44. The molecule has 1 atom stereocenters. The first-order chi connectivity index (χ1) is 8.45. The molecule has 0 radical (unpaired) electrons. The molecule has 1 aliphatic rings. The van der Waals surface area contributed by atoms with Crippen molar-refractivity contribution in [2.75, 3.05) is 13.2 Å². The number of ether oxygens (including phenoxy) is 2. The lowest BCUT2D eigenvalue weighted by Crippen LogP contribution is -2.36. The summed E-state index contributed by atoms with van der Waals surface area (Å²) in [6.07, 6.45) is 0. The van der Waals surface area contributed by atoms with Gasteiger partial charge in [-0.25, -0.2) is 9.79 Å². The van der Waals surface area contributed by atoms with Crippen molar-refractivity contribution in [2.24, 2.45) is 4.99 Å². The van der Waals surface area contributed by atoms with Crippen molar-refractivity contribution in [1.82, 2.24) is 5.32 Å². The first kappa shape index (κ1) is 13.9. The summed E-state index contributed by atoms with van der Waals surface area (Å²) in [5.74, 6) is -0.517. The molecule has 0 amide bonds. The molecule has 0 aromatic carbocycles. The third-order valence-corrected chi connectivity index (χ3v) is 2.21. The molecule has 8 nitrogen and oxygen atoms in total. The van der Waals surface area contributed by atoms with Gasteiger partial charge in [0.25, 0.3) is 11.7 Å². The highest BCUT2D eigenvalue weighted by molar-refractivity contribution is 5.80. The van der Waals surface area contributed by atoms with Gasteiger partial charge in [-0.3, -0.25) is 10.1 Å². The first-order valence-corrected chi connectivity index (χ1v) is 5.44. The van der Waals surface area contributed by atoms with Crippen molar-refractivity contribution in [3.63, 3.8) is 0 Å². The van der Waals surface area contributed by atoms with Gasteiger partial charge in [0.2, 0.25) is 0 Å². The Bertz CT molecular complexity index is 416. The average molecular weight is 257 g/mol. The van der Waals surface area contributed by atoms with Gasteiger partial charge in [-0.1, -0.05) is 0 Å². The Balaban J connectivity index is 2.60. The van der Waals surface area contributed by atoms with Crippen LogP contribution < -0.4 is 5.32 Å². The van der Waals surface area contributed by atoms with Crippen molar-refractivity contribution < 1.29 is 19.2 Å². The zero-order valence-corrected chi connectivity index (χ0v) is 10.4. The molecule has 0 saturated carbocycles. The number of carbonyl (C=O) groups excluding carboxylic acids is 1. The third-order valence-electron chi connectivity index (χ3n) is 2.21. The molecule has 18 heavy (non-hydrogen) atoms. The average Bonchev–Trinajstić information content (AvgIpc) is 2.25. The second-order valence-corrected chi connectivity index (χ2v) is 3.60. The van der Waals surface area contributed by atoms with Gasteiger partial charge in [0.15, 0.2) is 6.61 Å². The lowest BCUT2D eigenvalue weighted by Gasteiger charge is -2.18. The SMILES string of the molecule is CCOC(=O)COC1=NC(C)C([N+](=O)[O-])=C(C)N1. The van der Waals surface area contributed by atoms with E-state index in [2.05, 4.69) is 15.0 Å². The zero-order chi connectivity index (χ0) is 13.7. The van der Waals surface area contributed by atoms with E-state index in [9.17, 15) is 14.9 Å². The molecule has 0 aromatic rings. The lowest BCUT2D eigenvalue weighted by molar-refractivity contribution is -0.430. The van der Waals surface area contributed by atoms with E-state index in [-0.39, 0.29) is 24.9 Å². The van der Waals surface area contributed by atoms with E-state index >= 15 is 0 Å². The summed E-state index contributed by atoms with van der Waals surface area (Å²) in [4.78, 5) is 25.3. The highest BCUT2D eigenvalue weighted by Gasteiger charge is 2.29. The van der Waals surface area contributed by atoms with Crippen LogP contribution in [0.25, 0.3) is 0 Å². The van der Waals surface area contributed by atoms with E-state index in [4.69, 9.17) is 4.74 Å². The monoisotopic (exact) mass is 257 g/mol. The standard InChI is InChI=1S/C10H15N3O5/c1-4-17-8(14)5-18-10-11-6(2)9(13(15)16)7(3)12-10/h6H,4-5H2,1-3H3,(H,11,12). The molecule has 0 saturated heterocycles. The fraction of sp³-hybridized carbons (Fsp3) is 0.600. The van der Waals surface area contributed by atoms with Gasteiger partial charge in [-0.2, -0.15) is 0 Å². The van der Waals surface area contributed by atoms with Crippen LogP contribution >= 0.6 is 0 Å². The van der Waals surface area contributed by atoms with E-state index < -0.39 is 16.9 Å². The molecule has 0 aliphatic carbocycles. The highest BCUT2D eigenvalue weighted by atomic mass is 16.6. The molecule has 1 N–H and O–H groups in total. The fourth-order valence-corrected chi connectivity index (χ4v) is 1.50. The topological polar surface area (TPSA) is 103 Å². The Labute approximate surface area is 104 Å². The second kappa shape index (κ2) is 5.99. The summed E-state index contributed by atoms with van der Waals surface area (Å²) >= 11 is 0. The maximum absolute atomic E-state index is 11.1. The fourth-order valence-electron chi connectivity index (χ4n) is 1.50. The Morgan fingerprint density at radius 3 is 2.78 bits per heavy atom. The molecule has 1 rings (SSSR count). The molecule has 0 aromatic heterocycles. The summed E-state index contributed by atoms with van der Waals surface area (Å²) < 4.78 is 9.75. The number of aliphatic imine (C=N–C) groups is 1. The van der Waals surface area contributed by atoms with Crippen molar-refractivity contribution in [1.29, 1.82) is 0 Å². The normalized spacial score (nSPS) is 18.8. The molecule has 1 aliphatic heterocycles. The summed E-state index contributed by atoms with van der Waals surface area (Å²) in [6, 6.07) is -0.544. The number of esters is 1. The van der Waals surface area contributed by atoms with Gasteiger partial charge in [-0.05, 0) is 20.8 Å². The minimum atomic E-state index is -0.626. The van der Waals surface area contributed by atoms with Crippen LogP contribution in [0.4, 0.5) is 0 Å². The summed E-state index contributed by atoms with van der Waals surface area (Å²) in [5.41, 5.74) is 0.333. The zero-order valence-electron chi connectivity index (χ0n) is 10.4. The van der Waals surface area contributed by atoms with Crippen LogP contribution in [-0.2, 0) is 14.3 Å². The van der Waals surface area contributed by atoms with Gasteiger partial charge in [0.1, 0.15) is 6.04 Å². The van der Waals surface area contributed by atoms with Crippen LogP contribution in [0.5, 0.6) is 0 Å². The van der Waals surface area contributed by atoms with E-state index in [1.165, 1.54) is 0 Å². The Morgan fingerprint density at radius 1 is 1.61 bits per heavy atom. The van der Waals surface area contributed by atoms with Gasteiger partial charge in [-0.15, -0.1) is 0 Å². The number of carbonyl (C=O) groups is 1. The number of allylic oxidation sites excluding steroid dienone is 1. The minimum absolute atomic E-state index is 0.0153. The minimum Gasteiger partial charge on any atom is -0.463 e. The maximum Gasteiger partial charge on any atom is 0.344 e. The van der Waals surface area contributed by atoms with E-state index in [0.29, 0.717) is 5.70 Å². The number of hydrogen-bond donors (Lipinski definition) is 1. The van der Waals surface area contributed by atoms with Crippen molar-refractivity contribution in [2.45, 2.75) is 26.8 Å². The largest absolute Gasteiger partial charge is 0.463 e. The van der Waals surface area contributed by atoms with Crippen molar-refractivity contribution >= 4 is 12.0 Å². The Morgan fingerprint density at radius 2 is 2.28 bits per heavy atom. The number of nitro groups is 1. The van der Waals surface area contributed by atoms with Crippen LogP contribution in [0, 0.1) is 10.1 Å². The molecule has 8 heteroatoms. The van der Waals surface area contributed by atoms with Gasteiger partial charge in [0.05, 0.1) is 17.2 Å². The number of nitrogens with one attached hydrogen (secondary N) is 1. The predicted molar refractivity (Wildman–Crippen MR) is 62.3 cm³/mol. The Kier molecular flexibility index (Phi) is 4.64. The number of rotatable bonds is 4. The van der Waals surface area contributed by atoms with Gasteiger partial charge < -0.3 is 14.8 Å². The Hall–Kier alpha value is -2.12. The number of nitrogens with zero attached hydrogens (tertiary/aromatic N) is 2.